The Morgan fingerprint density at radius 2 is 1.89 bits per heavy atom. The maximum Gasteiger partial charge on any atom is 0.573 e. The van der Waals surface area contributed by atoms with Gasteiger partial charge in [0.15, 0.2) is 22.3 Å². The molecule has 0 radical (unpaired) electrons. The Morgan fingerprint density at radius 3 is 2.54 bits per heavy atom. The van der Waals surface area contributed by atoms with Gasteiger partial charge < -0.3 is 10.1 Å². The van der Waals surface area contributed by atoms with Gasteiger partial charge in [-0.2, -0.15) is 5.10 Å². The first-order valence-corrected chi connectivity index (χ1v) is 10.7. The number of nitrogens with zero attached hydrogens (tertiary/aromatic N) is 5. The van der Waals surface area contributed by atoms with Gasteiger partial charge in [0.25, 0.3) is 5.56 Å². The number of ether oxygens (including phenoxy) is 1. The smallest absolute Gasteiger partial charge is 0.403 e. The Labute approximate surface area is 197 Å². The molecule has 4 aromatic rings. The zero-order chi connectivity index (χ0) is 25.7. The predicted molar refractivity (Wildman–Crippen MR) is 118 cm³/mol. The van der Waals surface area contributed by atoms with Gasteiger partial charge in [-0.05, 0) is 18.2 Å². The maximum absolute atomic E-state index is 14.0. The molecule has 0 unspecified atom stereocenters. The number of amides is 1. The third-order valence-corrected chi connectivity index (χ3v) is 5.85. The second kappa shape index (κ2) is 8.65. The van der Waals surface area contributed by atoms with Crippen LogP contribution in [-0.4, -0.2) is 36.2 Å². The van der Waals surface area contributed by atoms with Gasteiger partial charge in [-0.25, -0.2) is 14.2 Å². The number of nitrogens with one attached hydrogen (secondary N) is 1. The molecule has 3 heterocycles. The van der Waals surface area contributed by atoms with Crippen LogP contribution in [0.2, 0.25) is 0 Å². The second-order valence-corrected chi connectivity index (χ2v) is 8.29. The Kier molecular flexibility index (Phi) is 5.96. The van der Waals surface area contributed by atoms with Crippen LogP contribution >= 0.6 is 11.3 Å². The Hall–Kier alpha value is -4.01. The minimum atomic E-state index is -5.03. The summed E-state index contributed by atoms with van der Waals surface area (Å²) >= 11 is 1.01. The summed E-state index contributed by atoms with van der Waals surface area (Å²) in [4.78, 5) is 41.5. The van der Waals surface area contributed by atoms with Crippen LogP contribution in [0.25, 0.3) is 22.3 Å². The number of fused-ring (bicyclic) bond motifs is 1. The average molecular weight is 512 g/mol. The van der Waals surface area contributed by atoms with E-state index in [4.69, 9.17) is 0 Å². The Bertz CT molecular complexity index is 1580. The fourth-order valence-electron chi connectivity index (χ4n) is 3.42. The summed E-state index contributed by atoms with van der Waals surface area (Å²) < 4.78 is 58.0. The van der Waals surface area contributed by atoms with Gasteiger partial charge in [0.05, 0.1) is 17.8 Å². The maximum atomic E-state index is 14.0. The SMILES string of the molecule is Cn1nc2c(c1CC(=O)Nc1nc(-c3ccc(OC(F)(F)F)c(F)c3)cs1)c(=O)n(C)c(=O)n2C. The number of aryl methyl sites for hydroxylation is 2. The lowest BCUT2D eigenvalue weighted by Gasteiger charge is -2.10. The van der Waals surface area contributed by atoms with Gasteiger partial charge in [-0.3, -0.25) is 23.4 Å². The van der Waals surface area contributed by atoms with Crippen molar-refractivity contribution < 1.29 is 27.1 Å². The molecule has 0 saturated carbocycles. The number of thiazole rings is 1. The molecule has 4 rings (SSSR count). The third-order valence-electron chi connectivity index (χ3n) is 5.09. The molecule has 0 fully saturated rings. The zero-order valence-electron chi connectivity index (χ0n) is 18.3. The normalized spacial score (nSPS) is 11.7. The average Bonchev–Trinajstić information content (AvgIpc) is 3.36. The molecule has 1 N–H and O–H groups in total. The number of halogens is 4. The number of carbonyl (C=O) groups is 1. The highest BCUT2D eigenvalue weighted by Crippen LogP contribution is 2.31. The first kappa shape index (κ1) is 24.1. The van der Waals surface area contributed by atoms with Gasteiger partial charge in [-0.15, -0.1) is 24.5 Å². The standard InChI is InChI=1S/C20H16F4N6O4S/c1-28-16-15(17(32)29(2)19(28)33)12(30(3)27-16)7-14(31)26-18-25-11(8-35-18)9-4-5-13(10(21)6-9)34-20(22,23)24/h4-6,8H,7H2,1-3H3,(H,25,26,31). The highest BCUT2D eigenvalue weighted by atomic mass is 32.1. The van der Waals surface area contributed by atoms with Crippen molar-refractivity contribution in [3.05, 3.63) is 55.9 Å². The number of alkyl halides is 3. The molecule has 10 nitrogen and oxygen atoms in total. The largest absolute Gasteiger partial charge is 0.573 e. The lowest BCUT2D eigenvalue weighted by molar-refractivity contribution is -0.275. The van der Waals surface area contributed by atoms with Gasteiger partial charge in [0.2, 0.25) is 5.91 Å². The van der Waals surface area contributed by atoms with Crippen LogP contribution in [0.3, 0.4) is 0 Å². The highest BCUT2D eigenvalue weighted by molar-refractivity contribution is 7.14. The van der Waals surface area contributed by atoms with Crippen molar-refractivity contribution in [2.75, 3.05) is 5.32 Å². The fourth-order valence-corrected chi connectivity index (χ4v) is 4.15. The van der Waals surface area contributed by atoms with E-state index in [0.29, 0.717) is 0 Å². The quantitative estimate of drug-likeness (QED) is 0.411. The third kappa shape index (κ3) is 4.66. The van der Waals surface area contributed by atoms with E-state index in [1.54, 1.807) is 0 Å². The minimum absolute atomic E-state index is 0.128. The second-order valence-electron chi connectivity index (χ2n) is 7.43. The number of aromatic nitrogens is 5. The molecular formula is C20H16F4N6O4S. The van der Waals surface area contributed by atoms with E-state index in [0.717, 1.165) is 28.0 Å². The van der Waals surface area contributed by atoms with Gasteiger partial charge in [0.1, 0.15) is 5.39 Å². The van der Waals surface area contributed by atoms with E-state index in [2.05, 4.69) is 20.1 Å². The molecule has 184 valence electrons. The summed E-state index contributed by atoms with van der Waals surface area (Å²) in [5, 5.41) is 8.50. The van der Waals surface area contributed by atoms with Gasteiger partial charge >= 0.3 is 12.1 Å². The van der Waals surface area contributed by atoms with E-state index in [-0.39, 0.29) is 39.5 Å². The summed E-state index contributed by atoms with van der Waals surface area (Å²) in [6, 6.07) is 2.87. The highest BCUT2D eigenvalue weighted by Gasteiger charge is 2.32. The minimum Gasteiger partial charge on any atom is -0.403 e. The molecule has 0 saturated heterocycles. The van der Waals surface area contributed by atoms with Crippen LogP contribution < -0.4 is 21.3 Å². The molecule has 0 atom stereocenters. The molecule has 0 aliphatic carbocycles. The van der Waals surface area contributed by atoms with Crippen molar-refractivity contribution >= 4 is 33.4 Å². The number of hydrogen-bond donors (Lipinski definition) is 1. The van der Waals surface area contributed by atoms with E-state index in [1.807, 2.05) is 0 Å². The number of rotatable bonds is 5. The molecule has 0 spiro atoms. The molecule has 1 aromatic carbocycles. The van der Waals surface area contributed by atoms with E-state index in [1.165, 1.54) is 41.8 Å². The van der Waals surface area contributed by atoms with Crippen molar-refractivity contribution in [3.63, 3.8) is 0 Å². The van der Waals surface area contributed by atoms with Crippen molar-refractivity contribution in [1.29, 1.82) is 0 Å². The van der Waals surface area contributed by atoms with E-state index < -0.39 is 35.1 Å². The molecule has 3 aromatic heterocycles. The number of anilines is 1. The Morgan fingerprint density at radius 1 is 1.17 bits per heavy atom. The number of hydrogen-bond acceptors (Lipinski definition) is 7. The number of carbonyl (C=O) groups excluding carboxylic acids is 1. The van der Waals surface area contributed by atoms with Crippen LogP contribution in [0.15, 0.2) is 33.2 Å². The van der Waals surface area contributed by atoms with Crippen molar-refractivity contribution in [2.24, 2.45) is 21.1 Å². The zero-order valence-corrected chi connectivity index (χ0v) is 19.1. The monoisotopic (exact) mass is 512 g/mol. The molecule has 0 bridgehead atoms. The lowest BCUT2D eigenvalue weighted by Crippen LogP contribution is -2.37. The lowest BCUT2D eigenvalue weighted by atomic mass is 10.1. The van der Waals surface area contributed by atoms with E-state index >= 15 is 0 Å². The summed E-state index contributed by atoms with van der Waals surface area (Å²) in [6.45, 7) is 0. The summed E-state index contributed by atoms with van der Waals surface area (Å²) in [7, 11) is 4.32. The topological polar surface area (TPSA) is 113 Å². The molecule has 1 amide bonds. The van der Waals surface area contributed by atoms with E-state index in [9.17, 15) is 31.9 Å². The molecule has 35 heavy (non-hydrogen) atoms. The van der Waals surface area contributed by atoms with Crippen molar-refractivity contribution in [3.8, 4) is 17.0 Å². The first-order chi connectivity index (χ1) is 16.4. The van der Waals surface area contributed by atoms with Crippen LogP contribution in [0, 0.1) is 5.82 Å². The summed E-state index contributed by atoms with van der Waals surface area (Å²) in [5.74, 6) is -2.73. The van der Waals surface area contributed by atoms with Gasteiger partial charge in [0, 0.05) is 32.1 Å². The number of benzene rings is 1. The van der Waals surface area contributed by atoms with Gasteiger partial charge in [-0.1, -0.05) is 0 Å². The predicted octanol–water partition coefficient (Wildman–Crippen LogP) is 2.31. The van der Waals surface area contributed by atoms with Crippen molar-refractivity contribution in [1.82, 2.24) is 23.9 Å². The van der Waals surface area contributed by atoms with Crippen LogP contribution in [-0.2, 0) is 32.4 Å². The molecule has 0 aliphatic heterocycles. The molecule has 0 aliphatic rings. The van der Waals surface area contributed by atoms with Crippen LogP contribution in [0.4, 0.5) is 22.7 Å². The first-order valence-electron chi connectivity index (χ1n) is 9.78. The molecular weight excluding hydrogens is 496 g/mol. The summed E-state index contributed by atoms with van der Waals surface area (Å²) in [6.07, 6.45) is -5.29. The summed E-state index contributed by atoms with van der Waals surface area (Å²) in [5.41, 5.74) is -0.321. The van der Waals surface area contributed by atoms with Crippen LogP contribution in [0.5, 0.6) is 5.75 Å². The van der Waals surface area contributed by atoms with Crippen LogP contribution in [0.1, 0.15) is 5.69 Å². The fraction of sp³-hybridized carbons (Fsp3) is 0.250. The molecule has 15 heteroatoms. The Balaban J connectivity index is 1.54. The van der Waals surface area contributed by atoms with Crippen molar-refractivity contribution in [2.45, 2.75) is 12.8 Å².